The second-order valence-electron chi connectivity index (χ2n) is 3.94. The van der Waals surface area contributed by atoms with Gasteiger partial charge >= 0.3 is 0 Å². The van der Waals surface area contributed by atoms with Gasteiger partial charge in [-0.05, 0) is 18.4 Å². The summed E-state index contributed by atoms with van der Waals surface area (Å²) >= 11 is 0. The fourth-order valence-electron chi connectivity index (χ4n) is 1.43. The summed E-state index contributed by atoms with van der Waals surface area (Å²) in [5, 5.41) is 13.3. The number of nitrogens with one attached hydrogen (secondary N) is 1. The lowest BCUT2D eigenvalue weighted by Crippen LogP contribution is -2.26. The Kier molecular flexibility index (Phi) is 2.85. The zero-order valence-electron chi connectivity index (χ0n) is 8.68. The maximum absolute atomic E-state index is 11.4. The molecule has 2 rings (SSSR count). The molecule has 0 bridgehead atoms. The quantitative estimate of drug-likeness (QED) is 0.616. The molecule has 1 fully saturated rings. The van der Waals surface area contributed by atoms with E-state index in [-0.39, 0.29) is 18.0 Å². The summed E-state index contributed by atoms with van der Waals surface area (Å²) in [4.78, 5) is 21.4. The van der Waals surface area contributed by atoms with Gasteiger partial charge in [-0.25, -0.2) is 0 Å². The van der Waals surface area contributed by atoms with Crippen LogP contribution < -0.4 is 5.32 Å². The molecule has 1 aliphatic rings. The minimum Gasteiger partial charge on any atom is -0.353 e. The highest BCUT2D eigenvalue weighted by atomic mass is 16.6. The van der Waals surface area contributed by atoms with Crippen LogP contribution in [-0.2, 0) is 11.2 Å². The third-order valence-corrected chi connectivity index (χ3v) is 2.45. The van der Waals surface area contributed by atoms with Gasteiger partial charge in [0.2, 0.25) is 5.91 Å². The maximum Gasteiger partial charge on any atom is 0.269 e. The minimum absolute atomic E-state index is 0.0173. The summed E-state index contributed by atoms with van der Waals surface area (Å²) in [6.07, 6.45) is 2.41. The smallest absolute Gasteiger partial charge is 0.269 e. The highest BCUT2D eigenvalue weighted by Crippen LogP contribution is 2.19. The lowest BCUT2D eigenvalue weighted by atomic mass is 10.1. The largest absolute Gasteiger partial charge is 0.353 e. The van der Waals surface area contributed by atoms with E-state index in [9.17, 15) is 14.9 Å². The van der Waals surface area contributed by atoms with Gasteiger partial charge in [-0.15, -0.1) is 0 Å². The minimum atomic E-state index is -0.450. The molecular formula is C11H12N2O3. The molecule has 5 heteroatoms. The molecule has 1 N–H and O–H groups in total. The zero-order chi connectivity index (χ0) is 11.5. The second kappa shape index (κ2) is 4.30. The van der Waals surface area contributed by atoms with Crippen LogP contribution in [0.15, 0.2) is 24.3 Å². The van der Waals surface area contributed by atoms with Crippen molar-refractivity contribution in [3.8, 4) is 0 Å². The Hall–Kier alpha value is -1.91. The van der Waals surface area contributed by atoms with Crippen LogP contribution >= 0.6 is 0 Å². The molecule has 1 amide bonds. The Morgan fingerprint density at radius 3 is 2.50 bits per heavy atom. The molecule has 0 radical (unpaired) electrons. The normalized spacial score (nSPS) is 14.5. The number of rotatable bonds is 4. The van der Waals surface area contributed by atoms with E-state index in [1.54, 1.807) is 12.1 Å². The number of benzene rings is 1. The highest BCUT2D eigenvalue weighted by molar-refractivity contribution is 5.79. The first-order chi connectivity index (χ1) is 7.65. The average molecular weight is 220 g/mol. The van der Waals surface area contributed by atoms with Crippen molar-refractivity contribution >= 4 is 11.6 Å². The van der Waals surface area contributed by atoms with E-state index in [0.29, 0.717) is 6.04 Å². The molecule has 1 aromatic carbocycles. The SMILES string of the molecule is O=C(Cc1ccc([N+](=O)[O-])cc1)NC1CC1. The van der Waals surface area contributed by atoms with Crippen molar-refractivity contribution in [2.45, 2.75) is 25.3 Å². The first-order valence-corrected chi connectivity index (χ1v) is 5.18. The Labute approximate surface area is 92.6 Å². The van der Waals surface area contributed by atoms with Gasteiger partial charge in [0.1, 0.15) is 0 Å². The van der Waals surface area contributed by atoms with Crippen LogP contribution in [0.2, 0.25) is 0 Å². The standard InChI is InChI=1S/C11H12N2O3/c14-11(12-9-3-4-9)7-8-1-5-10(6-2-8)13(15)16/h1-2,5-6,9H,3-4,7H2,(H,12,14). The van der Waals surface area contributed by atoms with Gasteiger partial charge in [-0.1, -0.05) is 12.1 Å². The molecule has 0 saturated heterocycles. The van der Waals surface area contributed by atoms with E-state index in [0.717, 1.165) is 18.4 Å². The summed E-state index contributed by atoms with van der Waals surface area (Å²) in [7, 11) is 0. The number of hydrogen-bond acceptors (Lipinski definition) is 3. The Morgan fingerprint density at radius 1 is 1.38 bits per heavy atom. The maximum atomic E-state index is 11.4. The van der Waals surface area contributed by atoms with Gasteiger partial charge < -0.3 is 5.32 Å². The van der Waals surface area contributed by atoms with E-state index in [4.69, 9.17) is 0 Å². The molecule has 1 aromatic rings. The molecule has 0 unspecified atom stereocenters. The van der Waals surface area contributed by atoms with E-state index in [1.165, 1.54) is 12.1 Å². The number of carbonyl (C=O) groups excluding carboxylic acids is 1. The molecule has 0 spiro atoms. The first kappa shape index (κ1) is 10.6. The van der Waals surface area contributed by atoms with Gasteiger partial charge in [0.05, 0.1) is 11.3 Å². The number of nitro benzene ring substituents is 1. The summed E-state index contributed by atoms with van der Waals surface area (Å²) in [5.74, 6) is -0.0173. The molecule has 0 aromatic heterocycles. The van der Waals surface area contributed by atoms with Crippen molar-refractivity contribution in [2.75, 3.05) is 0 Å². The summed E-state index contributed by atoms with van der Waals surface area (Å²) in [6, 6.07) is 6.42. The van der Waals surface area contributed by atoms with Crippen LogP contribution in [0.5, 0.6) is 0 Å². The van der Waals surface area contributed by atoms with Gasteiger partial charge in [-0.2, -0.15) is 0 Å². The van der Waals surface area contributed by atoms with Crippen molar-refractivity contribution < 1.29 is 9.72 Å². The van der Waals surface area contributed by atoms with E-state index in [2.05, 4.69) is 5.32 Å². The molecule has 1 saturated carbocycles. The summed E-state index contributed by atoms with van der Waals surface area (Å²) in [5.41, 5.74) is 0.843. The van der Waals surface area contributed by atoms with Gasteiger partial charge in [-0.3, -0.25) is 14.9 Å². The second-order valence-corrected chi connectivity index (χ2v) is 3.94. The number of nitrogens with zero attached hydrogens (tertiary/aromatic N) is 1. The summed E-state index contributed by atoms with van der Waals surface area (Å²) in [6.45, 7) is 0. The molecule has 0 heterocycles. The van der Waals surface area contributed by atoms with E-state index >= 15 is 0 Å². The predicted octanol–water partition coefficient (Wildman–Crippen LogP) is 1.42. The molecule has 1 aliphatic carbocycles. The van der Waals surface area contributed by atoms with Crippen LogP contribution in [0.25, 0.3) is 0 Å². The van der Waals surface area contributed by atoms with E-state index < -0.39 is 4.92 Å². The Balaban J connectivity index is 1.93. The Bertz CT molecular complexity index is 410. The third kappa shape index (κ3) is 2.79. The number of carbonyl (C=O) groups is 1. The van der Waals surface area contributed by atoms with Gasteiger partial charge in [0.15, 0.2) is 0 Å². The van der Waals surface area contributed by atoms with Crippen LogP contribution in [0.3, 0.4) is 0 Å². The van der Waals surface area contributed by atoms with Gasteiger partial charge in [0.25, 0.3) is 5.69 Å². The summed E-state index contributed by atoms with van der Waals surface area (Å²) < 4.78 is 0. The third-order valence-electron chi connectivity index (χ3n) is 2.45. The molecule has 0 aliphatic heterocycles. The van der Waals surface area contributed by atoms with Crippen LogP contribution in [0, 0.1) is 10.1 Å². The van der Waals surface area contributed by atoms with Crippen LogP contribution in [0.4, 0.5) is 5.69 Å². The van der Waals surface area contributed by atoms with Crippen molar-refractivity contribution in [3.05, 3.63) is 39.9 Å². The fourth-order valence-corrected chi connectivity index (χ4v) is 1.43. The molecule has 5 nitrogen and oxygen atoms in total. The number of amides is 1. The average Bonchev–Trinajstić information content (AvgIpc) is 3.02. The predicted molar refractivity (Wildman–Crippen MR) is 58.0 cm³/mol. The topological polar surface area (TPSA) is 72.2 Å². The van der Waals surface area contributed by atoms with E-state index in [1.807, 2.05) is 0 Å². The van der Waals surface area contributed by atoms with Gasteiger partial charge in [0, 0.05) is 18.2 Å². The Morgan fingerprint density at radius 2 is 2.00 bits per heavy atom. The lowest BCUT2D eigenvalue weighted by molar-refractivity contribution is -0.384. The molecule has 16 heavy (non-hydrogen) atoms. The van der Waals surface area contributed by atoms with Crippen LogP contribution in [0.1, 0.15) is 18.4 Å². The number of hydrogen-bond donors (Lipinski definition) is 1. The zero-order valence-corrected chi connectivity index (χ0v) is 8.68. The monoisotopic (exact) mass is 220 g/mol. The molecule has 84 valence electrons. The lowest BCUT2D eigenvalue weighted by Gasteiger charge is -2.02. The van der Waals surface area contributed by atoms with Crippen molar-refractivity contribution in [1.29, 1.82) is 0 Å². The number of nitro groups is 1. The highest BCUT2D eigenvalue weighted by Gasteiger charge is 2.23. The number of non-ortho nitro benzene ring substituents is 1. The van der Waals surface area contributed by atoms with Crippen LogP contribution in [-0.4, -0.2) is 16.9 Å². The fraction of sp³-hybridized carbons (Fsp3) is 0.364. The molecular weight excluding hydrogens is 208 g/mol. The van der Waals surface area contributed by atoms with Crippen molar-refractivity contribution in [1.82, 2.24) is 5.32 Å². The molecule has 0 atom stereocenters. The first-order valence-electron chi connectivity index (χ1n) is 5.18. The van der Waals surface area contributed by atoms with Crippen molar-refractivity contribution in [2.24, 2.45) is 0 Å². The van der Waals surface area contributed by atoms with Crippen molar-refractivity contribution in [3.63, 3.8) is 0 Å².